The first-order valence-electron chi connectivity index (χ1n) is 8.25. The number of amides is 2. The van der Waals surface area contributed by atoms with Crippen LogP contribution in [0.4, 0.5) is 10.5 Å². The molecule has 1 aliphatic carbocycles. The van der Waals surface area contributed by atoms with Crippen molar-refractivity contribution in [2.45, 2.75) is 45.4 Å². The molecule has 1 aromatic carbocycles. The van der Waals surface area contributed by atoms with E-state index in [-0.39, 0.29) is 29.7 Å². The first-order valence-corrected chi connectivity index (χ1v) is 8.25. The van der Waals surface area contributed by atoms with Gasteiger partial charge >= 0.3 is 6.03 Å². The van der Waals surface area contributed by atoms with Gasteiger partial charge in [0.25, 0.3) is 0 Å². The van der Waals surface area contributed by atoms with Crippen LogP contribution in [-0.2, 0) is 9.47 Å². The molecule has 0 unspecified atom stereocenters. The molecule has 0 aromatic heterocycles. The Morgan fingerprint density at radius 3 is 2.96 bits per heavy atom. The van der Waals surface area contributed by atoms with E-state index in [1.807, 2.05) is 31.2 Å². The van der Waals surface area contributed by atoms with Crippen LogP contribution in [-0.4, -0.2) is 31.9 Å². The van der Waals surface area contributed by atoms with Gasteiger partial charge in [-0.3, -0.25) is 0 Å². The molecule has 2 fully saturated rings. The second-order valence-electron chi connectivity index (χ2n) is 7.14. The first-order chi connectivity index (χ1) is 10.9. The molecule has 2 amide bonds. The van der Waals surface area contributed by atoms with Gasteiger partial charge in [-0.2, -0.15) is 0 Å². The van der Waals surface area contributed by atoms with Gasteiger partial charge in [-0.05, 0) is 31.0 Å². The summed E-state index contributed by atoms with van der Waals surface area (Å²) >= 11 is 0. The molecule has 5 nitrogen and oxygen atoms in total. The van der Waals surface area contributed by atoms with E-state index in [0.29, 0.717) is 5.92 Å². The van der Waals surface area contributed by atoms with Crippen LogP contribution in [0.15, 0.2) is 24.3 Å². The number of ether oxygens (including phenoxy) is 2. The number of anilines is 1. The van der Waals surface area contributed by atoms with Gasteiger partial charge in [0, 0.05) is 36.8 Å². The highest BCUT2D eigenvalue weighted by Crippen LogP contribution is 2.52. The van der Waals surface area contributed by atoms with Crippen molar-refractivity contribution in [1.29, 1.82) is 0 Å². The van der Waals surface area contributed by atoms with Gasteiger partial charge in [-0.25, -0.2) is 4.79 Å². The Balaban J connectivity index is 1.62. The van der Waals surface area contributed by atoms with E-state index < -0.39 is 0 Å². The van der Waals surface area contributed by atoms with Crippen LogP contribution >= 0.6 is 0 Å². The van der Waals surface area contributed by atoms with Crippen molar-refractivity contribution in [3.63, 3.8) is 0 Å². The van der Waals surface area contributed by atoms with E-state index in [1.165, 1.54) is 0 Å². The number of benzene rings is 1. The van der Waals surface area contributed by atoms with E-state index in [4.69, 9.17) is 9.47 Å². The number of methoxy groups -OCH3 is 1. The fraction of sp³-hybridized carbons (Fsp3) is 0.611. The fourth-order valence-electron chi connectivity index (χ4n) is 3.93. The Labute approximate surface area is 137 Å². The minimum Gasteiger partial charge on any atom is -0.377 e. The predicted molar refractivity (Wildman–Crippen MR) is 89.4 cm³/mol. The maximum absolute atomic E-state index is 12.3. The Bertz CT molecular complexity index is 587. The van der Waals surface area contributed by atoms with Crippen LogP contribution in [0.5, 0.6) is 0 Å². The molecule has 1 aromatic rings. The van der Waals surface area contributed by atoms with Gasteiger partial charge in [0.05, 0.1) is 12.2 Å². The number of rotatable bonds is 4. The average molecular weight is 318 g/mol. The number of carbonyl (C=O) groups is 1. The van der Waals surface area contributed by atoms with Crippen molar-refractivity contribution in [3.8, 4) is 0 Å². The molecule has 2 aliphatic rings. The number of fused-ring (bicyclic) bond motifs is 1. The molecule has 1 aliphatic heterocycles. The molecule has 126 valence electrons. The fourth-order valence-corrected chi connectivity index (χ4v) is 3.93. The molecule has 3 rings (SSSR count). The molecule has 5 heteroatoms. The molecule has 1 saturated heterocycles. The summed E-state index contributed by atoms with van der Waals surface area (Å²) in [6.07, 6.45) is 1.31. The predicted octanol–water partition coefficient (Wildman–Crippen LogP) is 3.33. The molecule has 4 atom stereocenters. The lowest BCUT2D eigenvalue weighted by Gasteiger charge is -2.54. The van der Waals surface area contributed by atoms with Gasteiger partial charge in [0.15, 0.2) is 0 Å². The van der Waals surface area contributed by atoms with E-state index in [0.717, 1.165) is 24.3 Å². The van der Waals surface area contributed by atoms with Crippen LogP contribution in [0, 0.1) is 11.3 Å². The number of hydrogen-bond donors (Lipinski definition) is 2. The highest BCUT2D eigenvalue weighted by Gasteiger charge is 2.59. The largest absolute Gasteiger partial charge is 0.377 e. The minimum absolute atomic E-state index is 0.00164. The molecule has 0 bridgehead atoms. The lowest BCUT2D eigenvalue weighted by atomic mass is 9.57. The van der Waals surface area contributed by atoms with Crippen molar-refractivity contribution in [3.05, 3.63) is 29.8 Å². The van der Waals surface area contributed by atoms with Gasteiger partial charge in [0.1, 0.15) is 0 Å². The molecule has 1 heterocycles. The summed E-state index contributed by atoms with van der Waals surface area (Å²) in [5.74, 6) is 0.440. The standard InChI is InChI=1S/C18H26N2O3/c1-11(22-4)12-6-5-7-13(10-12)19-17(21)20-15-14-8-9-23-16(14)18(15,2)3/h5-7,10-11,14-16H,8-9H2,1-4H3,(H2,19,20,21)/t11-,14+,15-,16+/m1/s1. The lowest BCUT2D eigenvalue weighted by molar-refractivity contribution is -0.107. The molecule has 0 spiro atoms. The number of hydrogen-bond acceptors (Lipinski definition) is 3. The van der Waals surface area contributed by atoms with Gasteiger partial charge in [-0.15, -0.1) is 0 Å². The molecule has 1 saturated carbocycles. The molecular formula is C18H26N2O3. The number of carbonyl (C=O) groups excluding carboxylic acids is 1. The summed E-state index contributed by atoms with van der Waals surface area (Å²) in [5.41, 5.74) is 1.81. The second-order valence-corrected chi connectivity index (χ2v) is 7.14. The van der Waals surface area contributed by atoms with Crippen LogP contribution < -0.4 is 10.6 Å². The summed E-state index contributed by atoms with van der Waals surface area (Å²) in [5, 5.41) is 6.06. The highest BCUT2D eigenvalue weighted by atomic mass is 16.5. The zero-order valence-corrected chi connectivity index (χ0v) is 14.3. The topological polar surface area (TPSA) is 59.6 Å². The van der Waals surface area contributed by atoms with Gasteiger partial charge in [0.2, 0.25) is 0 Å². The van der Waals surface area contributed by atoms with Crippen LogP contribution in [0.25, 0.3) is 0 Å². The molecular weight excluding hydrogens is 292 g/mol. The van der Waals surface area contributed by atoms with E-state index in [1.54, 1.807) is 7.11 Å². The zero-order chi connectivity index (χ0) is 16.6. The van der Waals surface area contributed by atoms with Crippen molar-refractivity contribution < 1.29 is 14.3 Å². The Kier molecular flexibility index (Phi) is 4.34. The summed E-state index contributed by atoms with van der Waals surface area (Å²) in [6.45, 7) is 7.10. The van der Waals surface area contributed by atoms with E-state index >= 15 is 0 Å². The lowest BCUT2D eigenvalue weighted by Crippen LogP contribution is -2.67. The highest BCUT2D eigenvalue weighted by molar-refractivity contribution is 5.89. The maximum atomic E-state index is 12.3. The first kappa shape index (κ1) is 16.3. The van der Waals surface area contributed by atoms with Crippen LogP contribution in [0.3, 0.4) is 0 Å². The summed E-state index contributed by atoms with van der Waals surface area (Å²) < 4.78 is 11.1. The van der Waals surface area contributed by atoms with Gasteiger partial charge in [-0.1, -0.05) is 26.0 Å². The molecule has 23 heavy (non-hydrogen) atoms. The Hall–Kier alpha value is -1.59. The molecule has 2 N–H and O–H groups in total. The summed E-state index contributed by atoms with van der Waals surface area (Å²) in [4.78, 5) is 12.3. The average Bonchev–Trinajstić information content (AvgIpc) is 2.99. The zero-order valence-electron chi connectivity index (χ0n) is 14.3. The van der Waals surface area contributed by atoms with Crippen molar-refractivity contribution in [1.82, 2.24) is 5.32 Å². The third-order valence-electron chi connectivity index (χ3n) is 5.35. The quantitative estimate of drug-likeness (QED) is 0.895. The SMILES string of the molecule is CO[C@H](C)c1cccc(NC(=O)N[C@@H]2[C@@H]3CCO[C@@H]3C2(C)C)c1. The summed E-state index contributed by atoms with van der Waals surface area (Å²) in [7, 11) is 1.68. The smallest absolute Gasteiger partial charge is 0.319 e. The Morgan fingerprint density at radius 1 is 1.43 bits per heavy atom. The van der Waals surface area contributed by atoms with E-state index in [2.05, 4.69) is 24.5 Å². The van der Waals surface area contributed by atoms with Gasteiger partial charge < -0.3 is 20.1 Å². The Morgan fingerprint density at radius 2 is 2.22 bits per heavy atom. The van der Waals surface area contributed by atoms with Crippen LogP contribution in [0.2, 0.25) is 0 Å². The molecule has 0 radical (unpaired) electrons. The van der Waals surface area contributed by atoms with Crippen LogP contribution in [0.1, 0.15) is 38.9 Å². The summed E-state index contributed by atoms with van der Waals surface area (Å²) in [6, 6.07) is 7.76. The third kappa shape index (κ3) is 2.95. The van der Waals surface area contributed by atoms with Crippen molar-refractivity contribution >= 4 is 11.7 Å². The minimum atomic E-state index is -0.157. The number of nitrogens with one attached hydrogen (secondary N) is 2. The maximum Gasteiger partial charge on any atom is 0.319 e. The normalized spacial score (nSPS) is 29.3. The third-order valence-corrected chi connectivity index (χ3v) is 5.35. The number of urea groups is 1. The van der Waals surface area contributed by atoms with E-state index in [9.17, 15) is 4.79 Å². The monoisotopic (exact) mass is 318 g/mol. The van der Waals surface area contributed by atoms with Crippen molar-refractivity contribution in [2.75, 3.05) is 19.0 Å². The second kappa shape index (κ2) is 6.13. The van der Waals surface area contributed by atoms with Crippen molar-refractivity contribution in [2.24, 2.45) is 11.3 Å².